The lowest BCUT2D eigenvalue weighted by molar-refractivity contribution is -0.147. The zero-order valence-electron chi connectivity index (χ0n) is 26.6. The second-order valence-corrected chi connectivity index (χ2v) is 11.9. The van der Waals surface area contributed by atoms with Gasteiger partial charge in [0.05, 0.1) is 13.2 Å². The molecule has 43 heavy (non-hydrogen) atoms. The second kappa shape index (κ2) is 30.0. The quantitative estimate of drug-likeness (QED) is 0.0334. The molecule has 0 saturated carbocycles. The lowest BCUT2D eigenvalue weighted by Crippen LogP contribution is -2.27. The molecule has 248 valence electrons. The number of unbranched alkanes of at least 4 members (excludes halogenated alkanes) is 8. The third-order valence-corrected chi connectivity index (χ3v) is 7.25. The van der Waals surface area contributed by atoms with Crippen LogP contribution in [0, 0.1) is 0 Å². The van der Waals surface area contributed by atoms with Crippen LogP contribution in [-0.4, -0.2) is 54.3 Å². The van der Waals surface area contributed by atoms with Crippen molar-refractivity contribution < 1.29 is 37.9 Å². The maximum atomic E-state index is 11.9. The number of hydrogen-bond acceptors (Lipinski definition) is 7. The van der Waals surface area contributed by atoms with Crippen LogP contribution in [-0.2, 0) is 27.9 Å². The second-order valence-electron chi connectivity index (χ2n) is 10.4. The molecule has 0 aliphatic heterocycles. The summed E-state index contributed by atoms with van der Waals surface area (Å²) < 4.78 is 26.4. The molecule has 0 aromatic heterocycles. The van der Waals surface area contributed by atoms with Gasteiger partial charge in [0.15, 0.2) is 0 Å². The highest BCUT2D eigenvalue weighted by Gasteiger charge is 2.23. The fourth-order valence-electron chi connectivity index (χ4n) is 3.77. The van der Waals surface area contributed by atoms with Crippen LogP contribution in [0.2, 0.25) is 0 Å². The highest BCUT2D eigenvalue weighted by atomic mass is 31.2. The van der Waals surface area contributed by atoms with Gasteiger partial charge in [0.2, 0.25) is 5.91 Å². The predicted octanol–water partition coefficient (Wildman–Crippen LogP) is 7.65. The smallest absolute Gasteiger partial charge is 0.463 e. The number of hydrogen-bond donors (Lipinski definition) is 3. The Morgan fingerprint density at radius 3 is 1.86 bits per heavy atom. The van der Waals surface area contributed by atoms with Crippen LogP contribution in [0.3, 0.4) is 0 Å². The maximum absolute atomic E-state index is 11.9. The highest BCUT2D eigenvalue weighted by Crippen LogP contribution is 2.42. The minimum atomic E-state index is -4.40. The van der Waals surface area contributed by atoms with Crippen molar-refractivity contribution in [2.75, 3.05) is 26.4 Å². The van der Waals surface area contributed by atoms with Crippen molar-refractivity contribution in [2.45, 2.75) is 123 Å². The average Bonchev–Trinajstić information content (AvgIpc) is 2.98. The first kappa shape index (κ1) is 41.0. The number of aliphatic hydroxyl groups is 1. The predicted molar refractivity (Wildman–Crippen MR) is 173 cm³/mol. The summed E-state index contributed by atoms with van der Waals surface area (Å²) in [6.07, 6.45) is 31.2. The zero-order chi connectivity index (χ0) is 31.9. The standard InChI is InChI=1S/C33H58NO8P/c1-3-5-7-8-9-10-11-12-13-14-15-16-17-18-19-20-21-22-24-26-33(37)40-29-31(35)30-42-43(38,39)41-28-27-34-32(36)25-23-6-4-2/h9-10,12-13,15-16,18-19,31,35H,3-8,11,14,17,20-30H2,1-2H3,(H,34,36)(H,38,39)/b10-9-,13-12-,16-15-,19-18-. The van der Waals surface area contributed by atoms with Crippen LogP contribution < -0.4 is 5.32 Å². The van der Waals surface area contributed by atoms with Crippen molar-refractivity contribution in [1.82, 2.24) is 5.32 Å². The molecule has 0 radical (unpaired) electrons. The van der Waals surface area contributed by atoms with Gasteiger partial charge in [0, 0.05) is 19.4 Å². The molecule has 2 atom stereocenters. The molecule has 0 aromatic carbocycles. The topological polar surface area (TPSA) is 131 Å². The van der Waals surface area contributed by atoms with E-state index in [0.717, 1.165) is 57.8 Å². The average molecular weight is 628 g/mol. The summed E-state index contributed by atoms with van der Waals surface area (Å²) in [4.78, 5) is 33.1. The minimum Gasteiger partial charge on any atom is -0.463 e. The summed E-state index contributed by atoms with van der Waals surface area (Å²) in [6.45, 7) is 3.27. The first-order valence-corrected chi connectivity index (χ1v) is 17.6. The number of allylic oxidation sites excluding steroid dienone is 8. The van der Waals surface area contributed by atoms with Gasteiger partial charge in [-0.3, -0.25) is 18.6 Å². The molecule has 0 bridgehead atoms. The van der Waals surface area contributed by atoms with Gasteiger partial charge in [-0.15, -0.1) is 0 Å². The third kappa shape index (κ3) is 31.2. The van der Waals surface area contributed by atoms with E-state index in [1.165, 1.54) is 25.7 Å². The number of aliphatic hydroxyl groups excluding tert-OH is 1. The van der Waals surface area contributed by atoms with Crippen molar-refractivity contribution in [3.05, 3.63) is 48.6 Å². The summed E-state index contributed by atoms with van der Waals surface area (Å²) in [7, 11) is -4.40. The zero-order valence-corrected chi connectivity index (χ0v) is 27.5. The summed E-state index contributed by atoms with van der Waals surface area (Å²) in [5, 5.41) is 12.5. The van der Waals surface area contributed by atoms with Crippen LogP contribution in [0.1, 0.15) is 117 Å². The Balaban J connectivity index is 3.71. The van der Waals surface area contributed by atoms with Gasteiger partial charge in [0.1, 0.15) is 12.7 Å². The van der Waals surface area contributed by atoms with E-state index in [0.29, 0.717) is 12.8 Å². The van der Waals surface area contributed by atoms with Crippen molar-refractivity contribution in [3.63, 3.8) is 0 Å². The lowest BCUT2D eigenvalue weighted by Gasteiger charge is -2.15. The van der Waals surface area contributed by atoms with E-state index >= 15 is 0 Å². The molecule has 0 spiro atoms. The molecule has 9 nitrogen and oxygen atoms in total. The Morgan fingerprint density at radius 1 is 0.721 bits per heavy atom. The fourth-order valence-corrected chi connectivity index (χ4v) is 4.53. The number of phosphoric acid groups is 1. The number of carbonyl (C=O) groups excluding carboxylic acids is 2. The van der Waals surface area contributed by atoms with Gasteiger partial charge in [0.25, 0.3) is 0 Å². The van der Waals surface area contributed by atoms with E-state index in [-0.39, 0.29) is 32.1 Å². The largest absolute Gasteiger partial charge is 0.472 e. The SMILES string of the molecule is CCCCC/C=C\C/C=C\C/C=C\C/C=C\CCCCCC(=O)OCC(O)COP(=O)(O)OCCNC(=O)CCCCC. The van der Waals surface area contributed by atoms with E-state index in [4.69, 9.17) is 13.8 Å². The monoisotopic (exact) mass is 627 g/mol. The number of esters is 1. The third-order valence-electron chi connectivity index (χ3n) is 6.26. The van der Waals surface area contributed by atoms with E-state index in [9.17, 15) is 24.2 Å². The first-order valence-electron chi connectivity index (χ1n) is 16.1. The van der Waals surface area contributed by atoms with Crippen LogP contribution >= 0.6 is 7.82 Å². The molecule has 0 fully saturated rings. The Morgan fingerprint density at radius 2 is 1.26 bits per heavy atom. The molecule has 10 heteroatoms. The maximum Gasteiger partial charge on any atom is 0.472 e. The first-order chi connectivity index (χ1) is 20.8. The molecule has 1 amide bonds. The van der Waals surface area contributed by atoms with Gasteiger partial charge >= 0.3 is 13.8 Å². The molecular formula is C33H58NO8P. The molecular weight excluding hydrogens is 569 g/mol. The van der Waals surface area contributed by atoms with Gasteiger partial charge in [-0.05, 0) is 57.8 Å². The number of nitrogens with one attached hydrogen (secondary N) is 1. The lowest BCUT2D eigenvalue weighted by atomic mass is 10.1. The summed E-state index contributed by atoms with van der Waals surface area (Å²) in [5.74, 6) is -0.579. The number of phosphoric ester groups is 1. The van der Waals surface area contributed by atoms with E-state index in [1.54, 1.807) is 0 Å². The van der Waals surface area contributed by atoms with Crippen molar-refractivity contribution in [2.24, 2.45) is 0 Å². The fraction of sp³-hybridized carbons (Fsp3) is 0.697. The van der Waals surface area contributed by atoms with Crippen LogP contribution in [0.4, 0.5) is 0 Å². The normalized spacial score (nSPS) is 14.2. The molecule has 0 saturated heterocycles. The summed E-state index contributed by atoms with van der Waals surface area (Å²) in [6, 6.07) is 0. The minimum absolute atomic E-state index is 0.0720. The molecule has 0 rings (SSSR count). The summed E-state index contributed by atoms with van der Waals surface area (Å²) >= 11 is 0. The highest BCUT2D eigenvalue weighted by molar-refractivity contribution is 7.47. The van der Waals surface area contributed by atoms with Gasteiger partial charge in [-0.25, -0.2) is 4.57 Å². The molecule has 3 N–H and O–H groups in total. The Labute approximate surface area is 260 Å². The van der Waals surface area contributed by atoms with Crippen molar-refractivity contribution in [3.8, 4) is 0 Å². The van der Waals surface area contributed by atoms with Crippen LogP contribution in [0.5, 0.6) is 0 Å². The van der Waals surface area contributed by atoms with Crippen LogP contribution in [0.25, 0.3) is 0 Å². The number of rotatable bonds is 29. The van der Waals surface area contributed by atoms with Crippen molar-refractivity contribution >= 4 is 19.7 Å². The number of ether oxygens (including phenoxy) is 1. The molecule has 2 unspecified atom stereocenters. The number of amides is 1. The van der Waals surface area contributed by atoms with E-state index in [2.05, 4.69) is 60.8 Å². The molecule has 0 aliphatic carbocycles. The van der Waals surface area contributed by atoms with E-state index < -0.39 is 26.5 Å². The van der Waals surface area contributed by atoms with Gasteiger partial charge < -0.3 is 20.1 Å². The summed E-state index contributed by atoms with van der Waals surface area (Å²) in [5.41, 5.74) is 0. The molecule has 0 aliphatic rings. The number of carbonyl (C=O) groups is 2. The Kier molecular flexibility index (Phi) is 28.6. The van der Waals surface area contributed by atoms with Crippen LogP contribution in [0.15, 0.2) is 48.6 Å². The Bertz CT molecular complexity index is 856. The van der Waals surface area contributed by atoms with Crippen molar-refractivity contribution in [1.29, 1.82) is 0 Å². The molecule has 0 aromatic rings. The molecule has 0 heterocycles. The van der Waals surface area contributed by atoms with Gasteiger partial charge in [-0.1, -0.05) is 94.6 Å². The van der Waals surface area contributed by atoms with E-state index in [1.807, 2.05) is 6.92 Å². The Hall–Kier alpha value is -2.03. The van der Waals surface area contributed by atoms with Gasteiger partial charge in [-0.2, -0.15) is 0 Å².